The van der Waals surface area contributed by atoms with E-state index < -0.39 is 0 Å². The molecule has 0 aromatic carbocycles. The van der Waals surface area contributed by atoms with Crippen molar-refractivity contribution < 1.29 is 4.42 Å². The molecule has 3 rings (SSSR count). The molecule has 1 aromatic heterocycles. The minimum Gasteiger partial charge on any atom is -0.466 e. The molecule has 0 amide bonds. The molecule has 106 valence electrons. The van der Waals surface area contributed by atoms with Gasteiger partial charge in [0.05, 0.1) is 0 Å². The molecule has 2 atom stereocenters. The molecule has 0 aliphatic carbocycles. The molecule has 0 saturated carbocycles. The molecule has 19 heavy (non-hydrogen) atoms. The highest BCUT2D eigenvalue weighted by Gasteiger charge is 2.31. The summed E-state index contributed by atoms with van der Waals surface area (Å²) in [5, 5.41) is 0. The molecule has 2 saturated heterocycles. The fourth-order valence-electron chi connectivity index (χ4n) is 3.85. The molecule has 3 heteroatoms. The number of aryl methyl sites for hydroxylation is 2. The van der Waals surface area contributed by atoms with Crippen LogP contribution < -0.4 is 0 Å². The predicted octanol–water partition coefficient (Wildman–Crippen LogP) is 3.13. The zero-order chi connectivity index (χ0) is 13.4. The number of nitrogens with zero attached hydrogens (tertiary/aromatic N) is 2. The number of fused-ring (bicyclic) bond motifs is 1. The van der Waals surface area contributed by atoms with Crippen molar-refractivity contribution in [3.63, 3.8) is 0 Å². The van der Waals surface area contributed by atoms with Crippen LogP contribution in [0.4, 0.5) is 0 Å². The second-order valence-electron chi connectivity index (χ2n) is 6.23. The fourth-order valence-corrected chi connectivity index (χ4v) is 3.85. The second kappa shape index (κ2) is 5.29. The Morgan fingerprint density at radius 1 is 1.21 bits per heavy atom. The van der Waals surface area contributed by atoms with Crippen molar-refractivity contribution in [2.24, 2.45) is 0 Å². The van der Waals surface area contributed by atoms with Crippen molar-refractivity contribution >= 4 is 0 Å². The van der Waals surface area contributed by atoms with Gasteiger partial charge in [0.2, 0.25) is 0 Å². The molecule has 3 nitrogen and oxygen atoms in total. The van der Waals surface area contributed by atoms with E-state index >= 15 is 0 Å². The summed E-state index contributed by atoms with van der Waals surface area (Å²) in [6, 6.07) is 3.49. The van der Waals surface area contributed by atoms with Gasteiger partial charge in [-0.2, -0.15) is 0 Å². The van der Waals surface area contributed by atoms with Crippen LogP contribution in [0.2, 0.25) is 0 Å². The van der Waals surface area contributed by atoms with E-state index in [0.29, 0.717) is 6.04 Å². The van der Waals surface area contributed by atoms with Gasteiger partial charge in [0, 0.05) is 30.7 Å². The molecule has 0 radical (unpaired) electrons. The molecular formula is C16H26N2O. The molecule has 1 aromatic rings. The lowest BCUT2D eigenvalue weighted by Crippen LogP contribution is -2.37. The lowest BCUT2D eigenvalue weighted by atomic mass is 10.1. The average Bonchev–Trinajstić information content (AvgIpc) is 2.89. The molecule has 0 spiro atoms. The Balaban J connectivity index is 1.75. The van der Waals surface area contributed by atoms with Gasteiger partial charge in [-0.05, 0) is 59.2 Å². The third kappa shape index (κ3) is 2.59. The monoisotopic (exact) mass is 262 g/mol. The maximum atomic E-state index is 5.71. The highest BCUT2D eigenvalue weighted by molar-refractivity contribution is 5.23. The van der Waals surface area contributed by atoms with E-state index in [9.17, 15) is 0 Å². The maximum absolute atomic E-state index is 5.71. The summed E-state index contributed by atoms with van der Waals surface area (Å²) in [4.78, 5) is 5.35. The average molecular weight is 262 g/mol. The number of furan rings is 1. The van der Waals surface area contributed by atoms with Gasteiger partial charge in [0.25, 0.3) is 0 Å². The summed E-state index contributed by atoms with van der Waals surface area (Å²) >= 11 is 0. The predicted molar refractivity (Wildman–Crippen MR) is 77.4 cm³/mol. The second-order valence-corrected chi connectivity index (χ2v) is 6.23. The molecule has 2 unspecified atom stereocenters. The molecule has 0 bridgehead atoms. The third-order valence-corrected chi connectivity index (χ3v) is 4.91. The van der Waals surface area contributed by atoms with Crippen LogP contribution in [-0.4, -0.2) is 42.0 Å². The summed E-state index contributed by atoms with van der Waals surface area (Å²) < 4.78 is 5.71. The topological polar surface area (TPSA) is 19.6 Å². The van der Waals surface area contributed by atoms with Crippen LogP contribution in [0, 0.1) is 13.8 Å². The van der Waals surface area contributed by atoms with Crippen LogP contribution in [0.1, 0.15) is 49.3 Å². The highest BCUT2D eigenvalue weighted by atomic mass is 16.3. The third-order valence-electron chi connectivity index (χ3n) is 4.91. The van der Waals surface area contributed by atoms with Crippen LogP contribution in [0.25, 0.3) is 0 Å². The first-order chi connectivity index (χ1) is 9.15. The first kappa shape index (κ1) is 13.2. The number of hydrogen-bond acceptors (Lipinski definition) is 3. The highest BCUT2D eigenvalue weighted by Crippen LogP contribution is 2.30. The van der Waals surface area contributed by atoms with Gasteiger partial charge in [0.15, 0.2) is 0 Å². The first-order valence-corrected chi connectivity index (χ1v) is 7.70. The van der Waals surface area contributed by atoms with Crippen molar-refractivity contribution in [1.29, 1.82) is 0 Å². The van der Waals surface area contributed by atoms with Crippen molar-refractivity contribution in [1.82, 2.24) is 9.80 Å². The van der Waals surface area contributed by atoms with E-state index in [1.807, 2.05) is 6.92 Å². The molecule has 2 aliphatic rings. The summed E-state index contributed by atoms with van der Waals surface area (Å²) in [6.07, 6.45) is 4.07. The Bertz CT molecular complexity index is 440. The zero-order valence-corrected chi connectivity index (χ0v) is 12.5. The molecule has 3 heterocycles. The van der Waals surface area contributed by atoms with Gasteiger partial charge in [-0.25, -0.2) is 0 Å². The Kier molecular flexibility index (Phi) is 3.68. The minimum atomic E-state index is 0.484. The molecule has 0 N–H and O–H groups in total. The Morgan fingerprint density at radius 2 is 2.00 bits per heavy atom. The van der Waals surface area contributed by atoms with Gasteiger partial charge < -0.3 is 4.42 Å². The van der Waals surface area contributed by atoms with Crippen LogP contribution in [0.15, 0.2) is 10.5 Å². The van der Waals surface area contributed by atoms with E-state index in [4.69, 9.17) is 4.42 Å². The summed E-state index contributed by atoms with van der Waals surface area (Å²) in [5.41, 5.74) is 1.38. The van der Waals surface area contributed by atoms with Crippen molar-refractivity contribution in [3.05, 3.63) is 23.2 Å². The fraction of sp³-hybridized carbons (Fsp3) is 0.750. The Hall–Kier alpha value is -0.800. The molecular weight excluding hydrogens is 236 g/mol. The lowest BCUT2D eigenvalue weighted by molar-refractivity contribution is 0.181. The van der Waals surface area contributed by atoms with E-state index in [0.717, 1.165) is 17.6 Å². The normalized spacial score (nSPS) is 27.2. The van der Waals surface area contributed by atoms with Crippen molar-refractivity contribution in [3.8, 4) is 0 Å². The van der Waals surface area contributed by atoms with Gasteiger partial charge in [0.1, 0.15) is 11.5 Å². The Labute approximate surface area is 116 Å². The summed E-state index contributed by atoms with van der Waals surface area (Å²) in [5.74, 6) is 2.13. The van der Waals surface area contributed by atoms with Crippen molar-refractivity contribution in [2.45, 2.75) is 52.1 Å². The first-order valence-electron chi connectivity index (χ1n) is 7.70. The summed E-state index contributed by atoms with van der Waals surface area (Å²) in [6.45, 7) is 11.5. The quantitative estimate of drug-likeness (QED) is 0.816. The van der Waals surface area contributed by atoms with Crippen LogP contribution >= 0.6 is 0 Å². The molecule has 2 aliphatic heterocycles. The lowest BCUT2D eigenvalue weighted by Gasteiger charge is -2.30. The van der Waals surface area contributed by atoms with Crippen LogP contribution in [-0.2, 0) is 0 Å². The van der Waals surface area contributed by atoms with Gasteiger partial charge in [-0.1, -0.05) is 0 Å². The van der Waals surface area contributed by atoms with Crippen molar-refractivity contribution in [2.75, 3.05) is 26.2 Å². The standard InChI is InChI=1S/C16H26N2O/c1-12-10-16(14(3)19-12)13(2)18-9-5-8-17-7-4-6-15(17)11-18/h10,13,15H,4-9,11H2,1-3H3. The number of hydrogen-bond donors (Lipinski definition) is 0. The largest absolute Gasteiger partial charge is 0.466 e. The van der Waals surface area contributed by atoms with E-state index in [1.54, 1.807) is 0 Å². The summed E-state index contributed by atoms with van der Waals surface area (Å²) in [7, 11) is 0. The van der Waals surface area contributed by atoms with Gasteiger partial charge >= 0.3 is 0 Å². The maximum Gasteiger partial charge on any atom is 0.105 e. The SMILES string of the molecule is Cc1cc(C(C)N2CCCN3CCCC3C2)c(C)o1. The number of rotatable bonds is 2. The van der Waals surface area contributed by atoms with Gasteiger partial charge in [-0.3, -0.25) is 9.80 Å². The zero-order valence-electron chi connectivity index (χ0n) is 12.5. The van der Waals surface area contributed by atoms with E-state index in [1.165, 1.54) is 51.0 Å². The smallest absolute Gasteiger partial charge is 0.105 e. The van der Waals surface area contributed by atoms with E-state index in [2.05, 4.69) is 29.7 Å². The Morgan fingerprint density at radius 3 is 2.74 bits per heavy atom. The minimum absolute atomic E-state index is 0.484. The molecule has 2 fully saturated rings. The van der Waals surface area contributed by atoms with Crippen LogP contribution in [0.5, 0.6) is 0 Å². The van der Waals surface area contributed by atoms with E-state index in [-0.39, 0.29) is 0 Å². The van der Waals surface area contributed by atoms with Gasteiger partial charge in [-0.15, -0.1) is 0 Å². The van der Waals surface area contributed by atoms with Crippen LogP contribution in [0.3, 0.4) is 0 Å².